The number of carbonyl (C=O) groups is 2. The summed E-state index contributed by atoms with van der Waals surface area (Å²) in [6.07, 6.45) is 5.37. The van der Waals surface area contributed by atoms with Gasteiger partial charge in [-0.15, -0.1) is 0 Å². The fourth-order valence-corrected chi connectivity index (χ4v) is 3.91. The Kier molecular flexibility index (Phi) is 8.85. The molecule has 1 saturated carbocycles. The monoisotopic (exact) mass is 367 g/mol. The van der Waals surface area contributed by atoms with Gasteiger partial charge in [0.15, 0.2) is 0 Å². The Bertz CT molecular complexity index is 442. The van der Waals surface area contributed by atoms with Gasteiger partial charge >= 0.3 is 0 Å². The van der Waals surface area contributed by atoms with Crippen LogP contribution in [0.5, 0.6) is 0 Å². The first-order valence-electron chi connectivity index (χ1n) is 10.4. The summed E-state index contributed by atoms with van der Waals surface area (Å²) < 4.78 is 5.34. The van der Waals surface area contributed by atoms with Crippen molar-refractivity contribution < 1.29 is 14.3 Å². The molecule has 2 amide bonds. The minimum atomic E-state index is -0.448. The van der Waals surface area contributed by atoms with Crippen LogP contribution in [0.1, 0.15) is 52.9 Å². The van der Waals surface area contributed by atoms with Crippen LogP contribution in [0.25, 0.3) is 0 Å². The van der Waals surface area contributed by atoms with Crippen molar-refractivity contribution in [2.75, 3.05) is 39.4 Å². The van der Waals surface area contributed by atoms with Crippen molar-refractivity contribution in [3.63, 3.8) is 0 Å². The molecule has 2 N–H and O–H groups in total. The summed E-state index contributed by atoms with van der Waals surface area (Å²) in [6, 6.07) is -0.448. The largest absolute Gasteiger partial charge is 0.379 e. The molecule has 6 nitrogen and oxygen atoms in total. The molecule has 1 atom stereocenters. The number of hydrogen-bond donors (Lipinski definition) is 2. The van der Waals surface area contributed by atoms with Crippen LogP contribution in [0, 0.1) is 17.8 Å². The van der Waals surface area contributed by atoms with Crippen molar-refractivity contribution in [1.29, 1.82) is 0 Å². The summed E-state index contributed by atoms with van der Waals surface area (Å²) in [5.74, 6) is 0.906. The van der Waals surface area contributed by atoms with Crippen LogP contribution >= 0.6 is 0 Å². The van der Waals surface area contributed by atoms with E-state index >= 15 is 0 Å². The Labute approximate surface area is 158 Å². The molecular weight excluding hydrogens is 330 g/mol. The zero-order valence-electron chi connectivity index (χ0n) is 16.8. The second kappa shape index (κ2) is 10.9. The summed E-state index contributed by atoms with van der Waals surface area (Å²) in [7, 11) is 0. The van der Waals surface area contributed by atoms with Crippen LogP contribution in [-0.4, -0.2) is 62.1 Å². The number of nitrogens with zero attached hydrogens (tertiary/aromatic N) is 1. The number of carbonyl (C=O) groups excluding carboxylic acids is 2. The molecule has 2 rings (SSSR count). The van der Waals surface area contributed by atoms with E-state index in [2.05, 4.69) is 22.5 Å². The average molecular weight is 368 g/mol. The molecule has 2 aliphatic rings. The van der Waals surface area contributed by atoms with Crippen molar-refractivity contribution in [3.05, 3.63) is 0 Å². The molecule has 0 bridgehead atoms. The molecule has 26 heavy (non-hydrogen) atoms. The number of nitrogens with one attached hydrogen (secondary N) is 2. The van der Waals surface area contributed by atoms with Crippen LogP contribution in [-0.2, 0) is 14.3 Å². The highest BCUT2D eigenvalue weighted by atomic mass is 16.5. The van der Waals surface area contributed by atoms with Crippen molar-refractivity contribution >= 4 is 11.8 Å². The van der Waals surface area contributed by atoms with Crippen LogP contribution < -0.4 is 10.6 Å². The molecule has 1 aliphatic carbocycles. The molecule has 0 aromatic rings. The van der Waals surface area contributed by atoms with E-state index in [-0.39, 0.29) is 23.7 Å². The Hall–Kier alpha value is -1.14. The van der Waals surface area contributed by atoms with Gasteiger partial charge in [-0.25, -0.2) is 0 Å². The first-order valence-corrected chi connectivity index (χ1v) is 10.4. The van der Waals surface area contributed by atoms with Crippen molar-refractivity contribution in [1.82, 2.24) is 15.5 Å². The SMILES string of the molecule is CCC1CCC(C(=O)N[C@H](C(=O)NCCN2CCOCC2)C(C)C)CC1. The maximum Gasteiger partial charge on any atom is 0.242 e. The van der Waals surface area contributed by atoms with Crippen molar-refractivity contribution in [2.45, 2.75) is 58.9 Å². The Balaban J connectivity index is 1.75. The van der Waals surface area contributed by atoms with Gasteiger partial charge in [0, 0.05) is 32.1 Å². The second-order valence-electron chi connectivity index (χ2n) is 8.10. The molecule has 2 fully saturated rings. The highest BCUT2D eigenvalue weighted by Gasteiger charge is 2.30. The van der Waals surface area contributed by atoms with Crippen LogP contribution in [0.3, 0.4) is 0 Å². The van der Waals surface area contributed by atoms with E-state index in [1.165, 1.54) is 6.42 Å². The summed E-state index contributed by atoms with van der Waals surface area (Å²) >= 11 is 0. The molecular formula is C20H37N3O3. The molecule has 1 aliphatic heterocycles. The smallest absolute Gasteiger partial charge is 0.242 e. The summed E-state index contributed by atoms with van der Waals surface area (Å²) in [5.41, 5.74) is 0. The first kappa shape index (κ1) is 21.2. The number of ether oxygens (including phenoxy) is 1. The van der Waals surface area contributed by atoms with Crippen molar-refractivity contribution in [2.24, 2.45) is 17.8 Å². The quantitative estimate of drug-likeness (QED) is 0.686. The first-order chi connectivity index (χ1) is 12.5. The highest BCUT2D eigenvalue weighted by Crippen LogP contribution is 2.30. The maximum atomic E-state index is 12.6. The van der Waals surface area contributed by atoms with Gasteiger partial charge in [-0.1, -0.05) is 27.2 Å². The molecule has 6 heteroatoms. The van der Waals surface area contributed by atoms with Crippen LogP contribution in [0.4, 0.5) is 0 Å². The third-order valence-electron chi connectivity index (χ3n) is 5.87. The van der Waals surface area contributed by atoms with Gasteiger partial charge in [0.25, 0.3) is 0 Å². The van der Waals surface area contributed by atoms with Crippen molar-refractivity contribution in [3.8, 4) is 0 Å². The van der Waals surface area contributed by atoms with Gasteiger partial charge in [-0.2, -0.15) is 0 Å². The van der Waals surface area contributed by atoms with Gasteiger partial charge in [0.1, 0.15) is 6.04 Å². The molecule has 1 saturated heterocycles. The second-order valence-corrected chi connectivity index (χ2v) is 8.10. The Morgan fingerprint density at radius 3 is 2.35 bits per heavy atom. The molecule has 0 radical (unpaired) electrons. The lowest BCUT2D eigenvalue weighted by molar-refractivity contribution is -0.132. The van der Waals surface area contributed by atoms with Gasteiger partial charge in [-0.05, 0) is 37.5 Å². The molecule has 1 heterocycles. The van der Waals surface area contributed by atoms with E-state index in [1.54, 1.807) is 0 Å². The Morgan fingerprint density at radius 1 is 1.12 bits per heavy atom. The fourth-order valence-electron chi connectivity index (χ4n) is 3.91. The van der Waals surface area contributed by atoms with E-state index in [0.29, 0.717) is 6.54 Å². The lowest BCUT2D eigenvalue weighted by atomic mass is 9.80. The zero-order valence-corrected chi connectivity index (χ0v) is 16.8. The lowest BCUT2D eigenvalue weighted by Crippen LogP contribution is -2.52. The average Bonchev–Trinajstić information content (AvgIpc) is 2.66. The maximum absolute atomic E-state index is 12.6. The highest BCUT2D eigenvalue weighted by molar-refractivity contribution is 5.88. The predicted molar refractivity (Wildman–Crippen MR) is 103 cm³/mol. The number of morpholine rings is 1. The summed E-state index contributed by atoms with van der Waals surface area (Å²) in [4.78, 5) is 27.5. The molecule has 0 spiro atoms. The van der Waals surface area contributed by atoms with E-state index in [1.807, 2.05) is 13.8 Å². The normalized spacial score (nSPS) is 25.7. The fraction of sp³-hybridized carbons (Fsp3) is 0.900. The number of amides is 2. The lowest BCUT2D eigenvalue weighted by Gasteiger charge is -2.30. The van der Waals surface area contributed by atoms with Gasteiger partial charge < -0.3 is 15.4 Å². The van der Waals surface area contributed by atoms with Gasteiger partial charge in [-0.3, -0.25) is 14.5 Å². The standard InChI is InChI=1S/C20H37N3O3/c1-4-16-5-7-17(8-6-16)19(24)22-18(15(2)3)20(25)21-9-10-23-11-13-26-14-12-23/h15-18H,4-14H2,1-3H3,(H,21,25)(H,22,24)/t16?,17?,18-/m0/s1. The van der Waals surface area contributed by atoms with Gasteiger partial charge in [0.05, 0.1) is 13.2 Å². The third kappa shape index (κ3) is 6.54. The van der Waals surface area contributed by atoms with E-state index in [9.17, 15) is 9.59 Å². The minimum Gasteiger partial charge on any atom is -0.379 e. The minimum absolute atomic E-state index is 0.0570. The topological polar surface area (TPSA) is 70.7 Å². The van der Waals surface area contributed by atoms with Crippen LogP contribution in [0.15, 0.2) is 0 Å². The van der Waals surface area contributed by atoms with E-state index < -0.39 is 6.04 Å². The molecule has 0 unspecified atom stereocenters. The van der Waals surface area contributed by atoms with Gasteiger partial charge in [0.2, 0.25) is 11.8 Å². The molecule has 0 aromatic carbocycles. The molecule has 0 aromatic heterocycles. The third-order valence-corrected chi connectivity index (χ3v) is 5.87. The number of rotatable bonds is 8. The summed E-state index contributed by atoms with van der Waals surface area (Å²) in [6.45, 7) is 11.0. The van der Waals surface area contributed by atoms with E-state index in [0.717, 1.165) is 64.4 Å². The number of hydrogen-bond acceptors (Lipinski definition) is 4. The predicted octanol–water partition coefficient (Wildman–Crippen LogP) is 1.79. The molecule has 150 valence electrons. The summed E-state index contributed by atoms with van der Waals surface area (Å²) in [5, 5.41) is 6.02. The van der Waals surface area contributed by atoms with E-state index in [4.69, 9.17) is 4.74 Å². The van der Waals surface area contributed by atoms with Crippen LogP contribution in [0.2, 0.25) is 0 Å². The Morgan fingerprint density at radius 2 is 1.77 bits per heavy atom. The zero-order chi connectivity index (χ0) is 18.9.